The number of hydrogen-bond acceptors (Lipinski definition) is 4. The van der Waals surface area contributed by atoms with E-state index in [-0.39, 0.29) is 6.04 Å². The highest BCUT2D eigenvalue weighted by atomic mass is 35.5. The Balaban J connectivity index is 2.89. The van der Waals surface area contributed by atoms with E-state index in [1.54, 1.807) is 11.1 Å². The lowest BCUT2D eigenvalue weighted by molar-refractivity contribution is 0.357. The molecule has 5 heteroatoms. The molecule has 1 unspecified atom stereocenters. The van der Waals surface area contributed by atoms with Crippen molar-refractivity contribution in [1.29, 1.82) is 5.26 Å². The third kappa shape index (κ3) is 1.95. The third-order valence-corrected chi connectivity index (χ3v) is 2.54. The van der Waals surface area contributed by atoms with Gasteiger partial charge in [0.15, 0.2) is 0 Å². The first-order valence-corrected chi connectivity index (χ1v) is 4.52. The average Bonchev–Trinajstić information content (AvgIpc) is 2.37. The van der Waals surface area contributed by atoms with Crippen molar-refractivity contribution >= 4 is 22.9 Å². The zero-order valence-corrected chi connectivity index (χ0v) is 8.35. The van der Waals surface area contributed by atoms with Crippen LogP contribution >= 0.6 is 22.9 Å². The van der Waals surface area contributed by atoms with Crippen LogP contribution in [0, 0.1) is 11.3 Å². The summed E-state index contributed by atoms with van der Waals surface area (Å²) >= 11 is 7.03. The molecule has 1 heterocycles. The van der Waals surface area contributed by atoms with Crippen LogP contribution in [0.15, 0.2) is 6.20 Å². The number of hydrogen-bond donors (Lipinski definition) is 0. The first kappa shape index (κ1) is 9.46. The molecule has 0 amide bonds. The number of nitrogens with zero attached hydrogens (tertiary/aromatic N) is 3. The molecule has 64 valence electrons. The van der Waals surface area contributed by atoms with Crippen LogP contribution in [0.1, 0.15) is 11.0 Å². The molecule has 0 bridgehead atoms. The zero-order valence-electron chi connectivity index (χ0n) is 6.78. The van der Waals surface area contributed by atoms with Crippen LogP contribution in [-0.2, 0) is 0 Å². The summed E-state index contributed by atoms with van der Waals surface area (Å²) < 4.78 is 0.618. The molecule has 1 rings (SSSR count). The second kappa shape index (κ2) is 3.85. The molecule has 12 heavy (non-hydrogen) atoms. The third-order valence-electron chi connectivity index (χ3n) is 1.37. The first-order valence-electron chi connectivity index (χ1n) is 3.32. The molecule has 0 fully saturated rings. The van der Waals surface area contributed by atoms with Gasteiger partial charge < -0.3 is 0 Å². The summed E-state index contributed by atoms with van der Waals surface area (Å²) in [6, 6.07) is 1.86. The monoisotopic (exact) mass is 201 g/mol. The lowest BCUT2D eigenvalue weighted by atomic mass is 10.3. The fourth-order valence-electron chi connectivity index (χ4n) is 0.785. The second-order valence-electron chi connectivity index (χ2n) is 2.50. The lowest BCUT2D eigenvalue weighted by Gasteiger charge is -2.13. The number of thiazole rings is 1. The molecule has 0 spiro atoms. The van der Waals surface area contributed by atoms with Crippen molar-refractivity contribution < 1.29 is 0 Å². The van der Waals surface area contributed by atoms with Gasteiger partial charge >= 0.3 is 0 Å². The molecular formula is C7H8ClN3S. The Labute approximate surface area is 80.2 Å². The zero-order chi connectivity index (χ0) is 9.14. The van der Waals surface area contributed by atoms with Crippen LogP contribution in [0.5, 0.6) is 0 Å². The van der Waals surface area contributed by atoms with Gasteiger partial charge in [0.2, 0.25) is 0 Å². The van der Waals surface area contributed by atoms with Gasteiger partial charge in [0.25, 0.3) is 0 Å². The Morgan fingerprint density at radius 1 is 1.75 bits per heavy atom. The number of rotatable bonds is 2. The van der Waals surface area contributed by atoms with Gasteiger partial charge in [0.05, 0.1) is 12.3 Å². The minimum atomic E-state index is -0.289. The Morgan fingerprint density at radius 3 is 2.75 bits per heavy atom. The second-order valence-corrected chi connectivity index (χ2v) is 4.19. The quantitative estimate of drug-likeness (QED) is 0.734. The van der Waals surface area contributed by atoms with Crippen molar-refractivity contribution in [2.75, 3.05) is 14.1 Å². The average molecular weight is 202 g/mol. The standard InChI is InChI=1S/C7H8ClN3S/c1-11(2)5(3-9)7-10-4-6(8)12-7/h4-5H,1-2H3. The predicted octanol–water partition coefficient (Wildman–Crippen LogP) is 1.92. The molecule has 0 aliphatic heterocycles. The van der Waals surface area contributed by atoms with Crippen molar-refractivity contribution in [3.63, 3.8) is 0 Å². The topological polar surface area (TPSA) is 39.9 Å². The number of nitriles is 1. The molecule has 3 nitrogen and oxygen atoms in total. The van der Waals surface area contributed by atoms with E-state index in [2.05, 4.69) is 11.1 Å². The molecule has 0 N–H and O–H groups in total. The molecule has 0 aromatic carbocycles. The molecule has 1 aromatic rings. The molecule has 1 aromatic heterocycles. The van der Waals surface area contributed by atoms with Crippen LogP contribution in [0.3, 0.4) is 0 Å². The van der Waals surface area contributed by atoms with E-state index < -0.39 is 0 Å². The minimum absolute atomic E-state index is 0.289. The Hall–Kier alpha value is -0.630. The normalized spacial score (nSPS) is 12.9. The SMILES string of the molecule is CN(C)C(C#N)c1ncc(Cl)s1. The van der Waals surface area contributed by atoms with Gasteiger partial charge in [0, 0.05) is 0 Å². The van der Waals surface area contributed by atoms with Gasteiger partial charge in [0.1, 0.15) is 15.4 Å². The van der Waals surface area contributed by atoms with E-state index in [4.69, 9.17) is 16.9 Å². The van der Waals surface area contributed by atoms with Crippen LogP contribution in [0.4, 0.5) is 0 Å². The molecule has 0 aliphatic carbocycles. The van der Waals surface area contributed by atoms with E-state index in [1.807, 2.05) is 14.1 Å². The van der Waals surface area contributed by atoms with Gasteiger partial charge in [-0.05, 0) is 14.1 Å². The van der Waals surface area contributed by atoms with E-state index in [0.717, 1.165) is 5.01 Å². The molecular weight excluding hydrogens is 194 g/mol. The van der Waals surface area contributed by atoms with E-state index in [9.17, 15) is 0 Å². The number of aromatic nitrogens is 1. The van der Waals surface area contributed by atoms with Gasteiger partial charge in [-0.25, -0.2) is 4.98 Å². The largest absolute Gasteiger partial charge is 0.289 e. The van der Waals surface area contributed by atoms with Gasteiger partial charge in [-0.15, -0.1) is 11.3 Å². The molecule has 0 saturated carbocycles. The molecule has 0 aliphatic rings. The summed E-state index contributed by atoms with van der Waals surface area (Å²) in [7, 11) is 3.67. The molecule has 1 atom stereocenters. The van der Waals surface area contributed by atoms with Crippen molar-refractivity contribution in [2.45, 2.75) is 6.04 Å². The molecule has 0 radical (unpaired) electrons. The predicted molar refractivity (Wildman–Crippen MR) is 49.2 cm³/mol. The summed E-state index contributed by atoms with van der Waals surface area (Å²) in [5.41, 5.74) is 0. The first-order chi connectivity index (χ1) is 5.65. The summed E-state index contributed by atoms with van der Waals surface area (Å²) in [4.78, 5) is 5.83. The highest BCUT2D eigenvalue weighted by Crippen LogP contribution is 2.25. The fraction of sp³-hybridized carbons (Fsp3) is 0.429. The fourth-order valence-corrected chi connectivity index (χ4v) is 1.86. The Morgan fingerprint density at radius 2 is 2.42 bits per heavy atom. The van der Waals surface area contributed by atoms with Gasteiger partial charge in [-0.1, -0.05) is 11.6 Å². The maximum atomic E-state index is 8.79. The van der Waals surface area contributed by atoms with Crippen molar-refractivity contribution in [3.8, 4) is 6.07 Å². The van der Waals surface area contributed by atoms with Crippen LogP contribution in [-0.4, -0.2) is 24.0 Å². The van der Waals surface area contributed by atoms with Crippen LogP contribution in [0.25, 0.3) is 0 Å². The Bertz CT molecular complexity index is 302. The smallest absolute Gasteiger partial charge is 0.150 e. The summed E-state index contributed by atoms with van der Waals surface area (Å²) in [5.74, 6) is 0. The van der Waals surface area contributed by atoms with Crippen LogP contribution < -0.4 is 0 Å². The van der Waals surface area contributed by atoms with Gasteiger partial charge in [-0.2, -0.15) is 5.26 Å². The van der Waals surface area contributed by atoms with Crippen molar-refractivity contribution in [3.05, 3.63) is 15.5 Å². The van der Waals surface area contributed by atoms with Crippen molar-refractivity contribution in [1.82, 2.24) is 9.88 Å². The summed E-state index contributed by atoms with van der Waals surface area (Å²) in [5, 5.41) is 9.53. The highest BCUT2D eigenvalue weighted by molar-refractivity contribution is 7.15. The van der Waals surface area contributed by atoms with Crippen molar-refractivity contribution in [2.24, 2.45) is 0 Å². The number of halogens is 1. The highest BCUT2D eigenvalue weighted by Gasteiger charge is 2.16. The Kier molecular flexibility index (Phi) is 3.04. The van der Waals surface area contributed by atoms with Crippen LogP contribution in [0.2, 0.25) is 4.34 Å². The maximum Gasteiger partial charge on any atom is 0.150 e. The van der Waals surface area contributed by atoms with E-state index >= 15 is 0 Å². The minimum Gasteiger partial charge on any atom is -0.289 e. The van der Waals surface area contributed by atoms with E-state index in [1.165, 1.54) is 11.3 Å². The molecule has 0 saturated heterocycles. The maximum absolute atomic E-state index is 8.79. The summed E-state index contributed by atoms with van der Waals surface area (Å²) in [6.07, 6.45) is 1.56. The van der Waals surface area contributed by atoms with E-state index in [0.29, 0.717) is 4.34 Å². The summed E-state index contributed by atoms with van der Waals surface area (Å²) in [6.45, 7) is 0. The van der Waals surface area contributed by atoms with Gasteiger partial charge in [-0.3, -0.25) is 4.90 Å². The lowest BCUT2D eigenvalue weighted by Crippen LogP contribution is -2.17.